The van der Waals surface area contributed by atoms with Gasteiger partial charge in [0.2, 0.25) is 5.88 Å². The second kappa shape index (κ2) is 17.1. The minimum absolute atomic E-state index is 0. The van der Waals surface area contributed by atoms with Crippen LogP contribution in [0.1, 0.15) is 141 Å². The van der Waals surface area contributed by atoms with Crippen molar-refractivity contribution in [3.8, 4) is 57.4 Å². The number of fused-ring (bicyclic) bond motifs is 6. The average Bonchev–Trinajstić information content (AvgIpc) is 3.55. The Morgan fingerprint density at radius 2 is 1.28 bits per heavy atom. The number of aliphatic hydroxyl groups excluding tert-OH is 1. The summed E-state index contributed by atoms with van der Waals surface area (Å²) >= 11 is 1.08. The van der Waals surface area contributed by atoms with E-state index in [9.17, 15) is 50.8 Å². The number of aliphatic hydroxyl groups is 1. The summed E-state index contributed by atoms with van der Waals surface area (Å²) in [5, 5.41) is 97.7. The Kier molecular flexibility index (Phi) is 12.5. The van der Waals surface area contributed by atoms with Crippen molar-refractivity contribution in [1.82, 2.24) is 4.98 Å². The number of hydrogen-bond acceptors (Lipinski definition) is 12. The van der Waals surface area contributed by atoms with Crippen molar-refractivity contribution in [3.63, 3.8) is 0 Å². The molecule has 329 valence electrons. The molecule has 11 nitrogen and oxygen atoms in total. The predicted molar refractivity (Wildman–Crippen MR) is 235 cm³/mol. The zero-order valence-electron chi connectivity index (χ0n) is 39.1. The zero-order chi connectivity index (χ0) is 46.9. The summed E-state index contributed by atoms with van der Waals surface area (Å²) in [5.41, 5.74) is -1.63. The number of phenols is 6. The Balaban J connectivity index is 0.000000467. The summed E-state index contributed by atoms with van der Waals surface area (Å²) in [6, 6.07) is 2.79. The van der Waals surface area contributed by atoms with Gasteiger partial charge in [-0.05, 0) is 72.6 Å². The largest absolute Gasteiger partial charge is 0.542 e. The maximum Gasteiger partial charge on any atom is 0.247 e. The van der Waals surface area contributed by atoms with Gasteiger partial charge in [-0.15, -0.1) is 17.4 Å². The predicted octanol–water partition coefficient (Wildman–Crippen LogP) is 11.5. The molecule has 0 spiro atoms. The summed E-state index contributed by atoms with van der Waals surface area (Å²) in [4.78, 5) is 15.9. The van der Waals surface area contributed by atoms with Crippen LogP contribution in [-0.4, -0.2) is 56.7 Å². The van der Waals surface area contributed by atoms with E-state index in [4.69, 9.17) is 4.11 Å². The molecule has 6 rings (SSSR count). The van der Waals surface area contributed by atoms with Crippen LogP contribution >= 0.6 is 11.3 Å². The van der Waals surface area contributed by atoms with Crippen LogP contribution in [0.2, 0.25) is 0 Å². The van der Waals surface area contributed by atoms with Gasteiger partial charge >= 0.3 is 0 Å². The van der Waals surface area contributed by atoms with Crippen molar-refractivity contribution in [2.45, 2.75) is 138 Å². The number of allylic oxidation sites excluding steroid dienone is 2. The molecule has 0 saturated carbocycles. The molecule has 0 atom stereocenters. The van der Waals surface area contributed by atoms with Crippen molar-refractivity contribution in [1.29, 1.82) is 0 Å². The van der Waals surface area contributed by atoms with E-state index in [1.54, 1.807) is 20.8 Å². The van der Waals surface area contributed by atoms with E-state index in [-0.39, 0.29) is 92.1 Å². The van der Waals surface area contributed by atoms with Crippen LogP contribution in [0.3, 0.4) is 0 Å². The minimum atomic E-state index is -2.85. The smallest absolute Gasteiger partial charge is 0.247 e. The molecule has 0 aliphatic heterocycles. The van der Waals surface area contributed by atoms with Crippen LogP contribution in [0.15, 0.2) is 11.8 Å². The first-order valence-electron chi connectivity index (χ1n) is 21.6. The molecular weight excluding hydrogens is 963 g/mol. The molecule has 5 aromatic rings. The van der Waals surface area contributed by atoms with E-state index in [1.807, 2.05) is 55.4 Å². The van der Waals surface area contributed by atoms with Gasteiger partial charge in [0, 0.05) is 79.1 Å². The molecule has 2 heterocycles. The maximum absolute atomic E-state index is 11.8. The van der Waals surface area contributed by atoms with E-state index >= 15 is 0 Å². The molecule has 0 unspecified atom stereocenters. The number of aryl methyl sites for hydroxylation is 1. The molecule has 0 fully saturated rings. The monoisotopic (exact) mass is 1030 g/mol. The number of phenolic OH excluding ortho intramolecular Hbond substituents is 6. The van der Waals surface area contributed by atoms with Gasteiger partial charge in [-0.25, -0.2) is 4.98 Å². The number of rotatable bonds is 8. The van der Waals surface area contributed by atoms with E-state index < -0.39 is 69.2 Å². The van der Waals surface area contributed by atoms with E-state index in [2.05, 4.69) is 11.1 Å². The van der Waals surface area contributed by atoms with Crippen LogP contribution in [-0.2, 0) is 41.1 Å². The molecular formula is C47H60IrNO10S-. The fourth-order valence-electron chi connectivity index (χ4n) is 8.56. The SMILES string of the molecule is CCC(CC)C(=O)/C=C(\O)C(CC)CC.[2H]C([2H])([2H])c1c(O)c2c(c3sc4c(-c5[c-]c6c(O)c(O)c(O)c(O)c6c(C(C)(C)C)c5O)nc(O)c(O)c4c13)C(C)(C)CCC2(C)C.[Ir]. The number of carbonyl (C=O) groups is 1. The fraction of sp³-hybridized carbons (Fsp3) is 0.489. The minimum Gasteiger partial charge on any atom is -0.542 e. The van der Waals surface area contributed by atoms with Gasteiger partial charge in [-0.2, -0.15) is 0 Å². The topological polar surface area (TPSA) is 212 Å². The first kappa shape index (κ1) is 43.6. The number of benzene rings is 3. The van der Waals surface area contributed by atoms with E-state index in [1.165, 1.54) is 6.08 Å². The van der Waals surface area contributed by atoms with Crippen LogP contribution < -0.4 is 0 Å². The Morgan fingerprint density at radius 1 is 0.750 bits per heavy atom. The second-order valence-corrected chi connectivity index (χ2v) is 19.0. The first-order valence-corrected chi connectivity index (χ1v) is 21.0. The number of aromatic nitrogens is 1. The summed E-state index contributed by atoms with van der Waals surface area (Å²) in [6.07, 6.45) is 6.28. The number of pyridine rings is 1. The fourth-order valence-corrected chi connectivity index (χ4v) is 10.1. The van der Waals surface area contributed by atoms with Crippen LogP contribution in [0.5, 0.6) is 46.1 Å². The Hall–Kier alpha value is -4.45. The Labute approximate surface area is 373 Å². The van der Waals surface area contributed by atoms with Gasteiger partial charge in [-0.1, -0.05) is 92.7 Å². The van der Waals surface area contributed by atoms with Gasteiger partial charge in [0.1, 0.15) is 17.2 Å². The molecule has 0 saturated heterocycles. The number of aromatic hydroxyl groups is 8. The number of nitrogens with zero attached hydrogens (tertiary/aromatic N) is 1. The number of carbonyl (C=O) groups excluding carboxylic acids is 1. The summed E-state index contributed by atoms with van der Waals surface area (Å²) in [7, 11) is 0. The van der Waals surface area contributed by atoms with Gasteiger partial charge in [-0.3, -0.25) is 4.79 Å². The van der Waals surface area contributed by atoms with Crippen molar-refractivity contribution >= 4 is 48.1 Å². The molecule has 0 amide bonds. The van der Waals surface area contributed by atoms with Gasteiger partial charge in [0.05, 0.1) is 11.5 Å². The average molecular weight is 1030 g/mol. The van der Waals surface area contributed by atoms with Gasteiger partial charge in [0.15, 0.2) is 23.0 Å². The number of hydrogen-bond donors (Lipinski definition) is 9. The molecule has 3 aromatic carbocycles. The zero-order valence-corrected chi connectivity index (χ0v) is 39.3. The summed E-state index contributed by atoms with van der Waals surface area (Å²) in [5.74, 6) is -5.65. The quantitative estimate of drug-likeness (QED) is 0.0235. The maximum atomic E-state index is 11.8. The third-order valence-electron chi connectivity index (χ3n) is 12.2. The molecule has 60 heavy (non-hydrogen) atoms. The third-order valence-corrected chi connectivity index (χ3v) is 13.4. The molecule has 1 aliphatic rings. The second-order valence-electron chi connectivity index (χ2n) is 18.0. The standard InChI is InChI=1S/C34H36NO8S.C13H24O2.Ir/c1-12-15-17-26(40)31(43)35-21(30(17)44-29(15)20-19(22(12)36)33(5,6)9-10-34(20,7)8)14-11-13-16(18(23(14)37)32(2,3)4)25(39)28(42)27(41)24(13)38;1-5-10(6-2)12(14)9-13(15)11(7-3)8-4;/h36-42H,9-10H2,1-8H3,(H,35,43);9-11,14H,5-8H2,1-4H3;/q-1;;/b;12-9-;/i1D3;;. The summed E-state index contributed by atoms with van der Waals surface area (Å²) in [6.45, 7) is 18.2. The van der Waals surface area contributed by atoms with Crippen LogP contribution in [0.4, 0.5) is 0 Å². The first-order chi connectivity index (χ1) is 28.5. The molecule has 0 bridgehead atoms. The molecule has 13 heteroatoms. The van der Waals surface area contributed by atoms with Crippen LogP contribution in [0, 0.1) is 24.8 Å². The molecule has 9 N–H and O–H groups in total. The van der Waals surface area contributed by atoms with Crippen molar-refractivity contribution in [3.05, 3.63) is 40.2 Å². The summed E-state index contributed by atoms with van der Waals surface area (Å²) < 4.78 is 26.0. The Morgan fingerprint density at radius 3 is 1.80 bits per heavy atom. The van der Waals surface area contributed by atoms with E-state index in [0.717, 1.165) is 37.0 Å². The van der Waals surface area contributed by atoms with Crippen LogP contribution in [0.25, 0.3) is 42.2 Å². The van der Waals surface area contributed by atoms with Gasteiger partial charge < -0.3 is 46.0 Å². The molecule has 1 radical (unpaired) electrons. The van der Waals surface area contributed by atoms with Crippen molar-refractivity contribution in [2.75, 3.05) is 0 Å². The third kappa shape index (κ3) is 7.93. The normalized spacial score (nSPS) is 15.9. The van der Waals surface area contributed by atoms with Crippen molar-refractivity contribution in [2.24, 2.45) is 11.8 Å². The molecule has 1 aliphatic carbocycles. The van der Waals surface area contributed by atoms with Crippen molar-refractivity contribution < 1.29 is 75.0 Å². The van der Waals surface area contributed by atoms with Gasteiger partial charge in [0.25, 0.3) is 0 Å². The van der Waals surface area contributed by atoms with E-state index in [0.29, 0.717) is 28.7 Å². The number of ketones is 1. The Bertz CT molecular complexity index is 2640. The number of thiophene rings is 1. The molecule has 2 aromatic heterocycles.